The zero-order valence-corrected chi connectivity index (χ0v) is 45.8. The predicted octanol–water partition coefficient (Wildman–Crippen LogP) is 9.32. The zero-order chi connectivity index (χ0) is 47.6. The van der Waals surface area contributed by atoms with Gasteiger partial charge in [0.1, 0.15) is 14.1 Å². The first-order valence-corrected chi connectivity index (χ1v) is 26.9. The van der Waals surface area contributed by atoms with Crippen LogP contribution < -0.4 is 9.13 Å². The molecule has 10 nitrogen and oxygen atoms in total. The van der Waals surface area contributed by atoms with Crippen molar-refractivity contribution in [2.75, 3.05) is 52.4 Å². The maximum absolute atomic E-state index is 13.0. The Labute approximate surface area is 442 Å². The van der Waals surface area contributed by atoms with Gasteiger partial charge < -0.3 is 9.80 Å². The SMILES string of the molecule is C[n+]1ccc(CC(=O)N2CCN([C@@H]3c4ccc(Cl)c(Br)c4CCc4cc(Br)cnc43)CC2)cc1.C[n+]1ccc(CC(=O)N2CCN([C@@H]3c4ncc(Br)cc4CCc4cc(Cl)cc(Br)c43)CC2)cc1. The number of aryl methyl sites for hydroxylation is 5. The number of aromatic nitrogens is 4. The minimum atomic E-state index is 0.0265. The van der Waals surface area contributed by atoms with E-state index in [1.807, 2.05) is 107 Å². The molecule has 0 spiro atoms. The fraction of sp³-hybridized carbons (Fsp3) is 0.346. The molecule has 10 rings (SSSR count). The second-order valence-corrected chi connectivity index (χ2v) is 22.3. The summed E-state index contributed by atoms with van der Waals surface area (Å²) in [4.78, 5) is 44.6. The van der Waals surface area contributed by atoms with Crippen molar-refractivity contribution >= 4 is 98.7 Å². The summed E-state index contributed by atoms with van der Waals surface area (Å²) in [6.45, 7) is 6.05. The summed E-state index contributed by atoms with van der Waals surface area (Å²) in [6, 6.07) is 20.7. The van der Waals surface area contributed by atoms with Gasteiger partial charge in [-0.15, -0.1) is 0 Å². The van der Waals surface area contributed by atoms with Crippen molar-refractivity contribution < 1.29 is 18.7 Å². The van der Waals surface area contributed by atoms with Crippen LogP contribution in [0.15, 0.2) is 116 Å². The van der Waals surface area contributed by atoms with Gasteiger partial charge >= 0.3 is 0 Å². The third kappa shape index (κ3) is 11.1. The molecule has 0 unspecified atom stereocenters. The number of fused-ring (bicyclic) bond motifs is 4. The molecule has 2 amide bonds. The number of piperazine rings is 2. The van der Waals surface area contributed by atoms with Gasteiger partial charge in [0.15, 0.2) is 24.8 Å². The molecule has 0 saturated carbocycles. The Kier molecular flexibility index (Phi) is 15.8. The van der Waals surface area contributed by atoms with Crippen LogP contribution in [0.5, 0.6) is 0 Å². The van der Waals surface area contributed by atoms with Crippen LogP contribution in [0.2, 0.25) is 10.0 Å². The van der Waals surface area contributed by atoms with Gasteiger partial charge in [0.25, 0.3) is 0 Å². The van der Waals surface area contributed by atoms with Crippen molar-refractivity contribution in [3.63, 3.8) is 0 Å². The van der Waals surface area contributed by atoms with Crippen molar-refractivity contribution in [3.8, 4) is 0 Å². The molecule has 16 heteroatoms. The van der Waals surface area contributed by atoms with Crippen LogP contribution in [0.4, 0.5) is 0 Å². The molecule has 0 radical (unpaired) electrons. The summed E-state index contributed by atoms with van der Waals surface area (Å²) in [6.07, 6.45) is 16.3. The Morgan fingerprint density at radius 1 is 0.603 bits per heavy atom. The monoisotopic (exact) mass is 1210 g/mol. The first-order chi connectivity index (χ1) is 32.8. The van der Waals surface area contributed by atoms with E-state index in [4.69, 9.17) is 33.2 Å². The van der Waals surface area contributed by atoms with Crippen molar-refractivity contribution in [2.24, 2.45) is 14.1 Å². The van der Waals surface area contributed by atoms with Crippen LogP contribution in [-0.2, 0) is 62.2 Å². The number of nitrogens with zero attached hydrogens (tertiary/aromatic N) is 8. The first-order valence-electron chi connectivity index (χ1n) is 22.9. The van der Waals surface area contributed by atoms with E-state index in [9.17, 15) is 9.59 Å². The maximum Gasteiger partial charge on any atom is 0.227 e. The highest BCUT2D eigenvalue weighted by molar-refractivity contribution is 9.11. The molecule has 2 aromatic carbocycles. The number of carbonyl (C=O) groups is 2. The minimum Gasteiger partial charge on any atom is -0.340 e. The molecular weight excluding hydrogens is 1160 g/mol. The molecule has 2 saturated heterocycles. The molecule has 4 aliphatic rings. The van der Waals surface area contributed by atoms with E-state index < -0.39 is 0 Å². The van der Waals surface area contributed by atoms with Gasteiger partial charge in [-0.3, -0.25) is 29.4 Å². The van der Waals surface area contributed by atoms with Crippen LogP contribution in [0, 0.1) is 0 Å². The quantitative estimate of drug-likeness (QED) is 0.155. The minimum absolute atomic E-state index is 0.0265. The number of benzene rings is 2. The van der Waals surface area contributed by atoms with E-state index in [2.05, 4.69) is 97.8 Å². The summed E-state index contributed by atoms with van der Waals surface area (Å²) in [5.41, 5.74) is 11.8. The molecule has 6 heterocycles. The van der Waals surface area contributed by atoms with E-state index >= 15 is 0 Å². The molecule has 2 fully saturated rings. The number of halogens is 6. The lowest BCUT2D eigenvalue weighted by Crippen LogP contribution is -2.50. The largest absolute Gasteiger partial charge is 0.340 e. The van der Waals surface area contributed by atoms with E-state index in [1.54, 1.807) is 0 Å². The number of pyridine rings is 4. The second kappa shape index (κ2) is 21.8. The fourth-order valence-electron chi connectivity index (χ4n) is 10.0. The van der Waals surface area contributed by atoms with E-state index in [1.165, 1.54) is 33.4 Å². The van der Waals surface area contributed by atoms with E-state index in [-0.39, 0.29) is 23.9 Å². The van der Waals surface area contributed by atoms with Crippen LogP contribution in [-0.4, -0.2) is 93.7 Å². The van der Waals surface area contributed by atoms with Crippen molar-refractivity contribution in [1.29, 1.82) is 0 Å². The van der Waals surface area contributed by atoms with Gasteiger partial charge in [-0.25, -0.2) is 9.13 Å². The van der Waals surface area contributed by atoms with Crippen molar-refractivity contribution in [3.05, 3.63) is 182 Å². The summed E-state index contributed by atoms with van der Waals surface area (Å²) >= 11 is 27.6. The Morgan fingerprint density at radius 3 is 1.60 bits per heavy atom. The molecule has 352 valence electrons. The lowest BCUT2D eigenvalue weighted by molar-refractivity contribution is -0.671. The average molecular weight is 1210 g/mol. The zero-order valence-electron chi connectivity index (χ0n) is 38.0. The smallest absolute Gasteiger partial charge is 0.227 e. The fourth-order valence-corrected chi connectivity index (χ4v) is 12.6. The molecule has 0 N–H and O–H groups in total. The Morgan fingerprint density at radius 2 is 1.07 bits per heavy atom. The summed E-state index contributed by atoms with van der Waals surface area (Å²) in [5, 5.41) is 1.48. The molecule has 2 aliphatic heterocycles. The average Bonchev–Trinajstić information content (AvgIpc) is 3.60. The van der Waals surface area contributed by atoms with Gasteiger partial charge in [-0.1, -0.05) is 45.2 Å². The lowest BCUT2D eigenvalue weighted by Gasteiger charge is -2.40. The maximum atomic E-state index is 13.0. The Bertz CT molecular complexity index is 2840. The van der Waals surface area contributed by atoms with Crippen LogP contribution >= 0.6 is 86.9 Å². The highest BCUT2D eigenvalue weighted by atomic mass is 79.9. The van der Waals surface area contributed by atoms with Crippen molar-refractivity contribution in [2.45, 2.75) is 50.6 Å². The number of rotatable bonds is 6. The molecule has 2 atom stereocenters. The number of hydrogen-bond acceptors (Lipinski definition) is 6. The second-order valence-electron chi connectivity index (χ2n) is 18.0. The predicted molar refractivity (Wildman–Crippen MR) is 280 cm³/mol. The van der Waals surface area contributed by atoms with Gasteiger partial charge in [0, 0.05) is 112 Å². The molecular formula is C52H52Br4Cl2N8O2+2. The molecule has 68 heavy (non-hydrogen) atoms. The molecule has 2 aliphatic carbocycles. The van der Waals surface area contributed by atoms with Crippen molar-refractivity contribution in [1.82, 2.24) is 29.6 Å². The Hall–Kier alpha value is -3.60. The third-order valence-corrected chi connectivity index (χ3v) is 16.8. The third-order valence-electron chi connectivity index (χ3n) is 13.6. The normalized spacial score (nSPS) is 18.2. The lowest BCUT2D eigenvalue weighted by atomic mass is 9.96. The summed E-state index contributed by atoms with van der Waals surface area (Å²) in [7, 11) is 3.96. The Balaban J connectivity index is 0.000000170. The van der Waals surface area contributed by atoms with Gasteiger partial charge in [0.05, 0.1) is 41.3 Å². The molecule has 0 bridgehead atoms. The van der Waals surface area contributed by atoms with E-state index in [0.717, 1.165) is 102 Å². The van der Waals surface area contributed by atoms with Crippen LogP contribution in [0.1, 0.15) is 68.0 Å². The highest BCUT2D eigenvalue weighted by Gasteiger charge is 2.36. The highest BCUT2D eigenvalue weighted by Crippen LogP contribution is 2.43. The topological polar surface area (TPSA) is 80.6 Å². The number of carbonyl (C=O) groups excluding carboxylic acids is 2. The van der Waals surface area contributed by atoms with Gasteiger partial charge in [-0.2, -0.15) is 0 Å². The van der Waals surface area contributed by atoms with Crippen LogP contribution in [0.3, 0.4) is 0 Å². The summed E-state index contributed by atoms with van der Waals surface area (Å²) in [5.74, 6) is 0.372. The van der Waals surface area contributed by atoms with Gasteiger partial charge in [0.2, 0.25) is 11.8 Å². The summed E-state index contributed by atoms with van der Waals surface area (Å²) < 4.78 is 7.96. The first kappa shape index (κ1) is 49.4. The number of amides is 2. The molecule has 6 aromatic rings. The van der Waals surface area contributed by atoms with Crippen LogP contribution in [0.25, 0.3) is 0 Å². The standard InChI is InChI=1S/2C26H26Br2ClN4O/c1-31-6-4-17(5-7-31)12-23(34)32-8-10-33(11-9-32)26-24-18(14-21(29)15-22(24)28)2-3-19-13-20(27)16-30-25(19)26;1-31-8-6-17(7-9-31)14-23(34)32-10-12-33(13-11-32)26-21-4-5-22(29)24(28)20(21)3-2-18-15-19(27)16-30-25(18)26/h4-7,13-16,26H,2-3,8-12H2,1H3;4-9,15-16,26H,2-3,10-14H2,1H3/q2*+1/t2*26-/m01/s1. The molecule has 4 aromatic heterocycles. The number of hydrogen-bond donors (Lipinski definition) is 0. The van der Waals surface area contributed by atoms with Gasteiger partial charge in [-0.05, 0) is 148 Å². The van der Waals surface area contributed by atoms with E-state index in [0.29, 0.717) is 39.0 Å².